The number of morpholine rings is 1. The Morgan fingerprint density at radius 2 is 1.92 bits per heavy atom. The van der Waals surface area contributed by atoms with Crippen molar-refractivity contribution in [2.45, 2.75) is 19.4 Å². The molecular weight excluding hydrogens is 486 g/mol. The number of ketones is 1. The van der Waals surface area contributed by atoms with E-state index in [1.165, 1.54) is 5.56 Å². The Balaban J connectivity index is 1.57. The van der Waals surface area contributed by atoms with E-state index in [-0.39, 0.29) is 11.7 Å². The number of nitrogens with zero attached hydrogens (tertiary/aromatic N) is 2. The fraction of sp³-hybridized carbons (Fsp3) is 0.333. The van der Waals surface area contributed by atoms with Crippen LogP contribution in [0.5, 0.6) is 0 Å². The van der Waals surface area contributed by atoms with Crippen molar-refractivity contribution in [2.75, 3.05) is 51.5 Å². The predicted molar refractivity (Wildman–Crippen MR) is 150 cm³/mol. The fourth-order valence-corrected chi connectivity index (χ4v) is 5.13. The van der Waals surface area contributed by atoms with Gasteiger partial charge in [0.05, 0.1) is 25.2 Å². The second-order valence-corrected chi connectivity index (χ2v) is 9.97. The minimum atomic E-state index is 0.0746. The van der Waals surface area contributed by atoms with Crippen LogP contribution in [0.15, 0.2) is 65.1 Å². The van der Waals surface area contributed by atoms with Crippen molar-refractivity contribution < 1.29 is 13.9 Å². The van der Waals surface area contributed by atoms with Crippen LogP contribution >= 0.6 is 11.6 Å². The van der Waals surface area contributed by atoms with Gasteiger partial charge in [0.2, 0.25) is 5.36 Å². The van der Waals surface area contributed by atoms with Gasteiger partial charge in [-0.3, -0.25) is 9.69 Å². The number of halogens is 1. The first-order valence-electron chi connectivity index (χ1n) is 12.8. The number of hydrogen-bond donors (Lipinski definition) is 1. The zero-order valence-electron chi connectivity index (χ0n) is 21.2. The third kappa shape index (κ3) is 5.87. The highest BCUT2D eigenvalue weighted by molar-refractivity contribution is 6.27. The van der Waals surface area contributed by atoms with E-state index in [2.05, 4.69) is 51.9 Å². The molecule has 3 aliphatic rings. The van der Waals surface area contributed by atoms with Gasteiger partial charge in [-0.05, 0) is 35.4 Å². The van der Waals surface area contributed by atoms with E-state index in [4.69, 9.17) is 26.5 Å². The van der Waals surface area contributed by atoms with Crippen LogP contribution in [-0.2, 0) is 16.1 Å². The Morgan fingerprint density at radius 1 is 1.08 bits per heavy atom. The molecule has 6 nitrogen and oxygen atoms in total. The highest BCUT2D eigenvalue weighted by Crippen LogP contribution is 2.40. The predicted octanol–water partition coefficient (Wildman–Crippen LogP) is 4.61. The Kier molecular flexibility index (Phi) is 7.89. The molecule has 1 saturated heterocycles. The minimum Gasteiger partial charge on any atom is -0.456 e. The van der Waals surface area contributed by atoms with Crippen molar-refractivity contribution in [3.8, 4) is 22.5 Å². The Morgan fingerprint density at radius 3 is 2.73 bits per heavy atom. The molecule has 1 fully saturated rings. The Hall–Kier alpha value is -3.19. The van der Waals surface area contributed by atoms with E-state index < -0.39 is 0 Å². The van der Waals surface area contributed by atoms with Gasteiger partial charge in [-0.25, -0.2) is 4.58 Å². The molecule has 2 N–H and O–H groups in total. The first kappa shape index (κ1) is 25.5. The Bertz CT molecular complexity index is 1460. The van der Waals surface area contributed by atoms with Crippen LogP contribution in [0.1, 0.15) is 18.4 Å². The second kappa shape index (κ2) is 11.5. The van der Waals surface area contributed by atoms with Gasteiger partial charge >= 0.3 is 0 Å². The molecule has 5 rings (SSSR count). The first-order chi connectivity index (χ1) is 18.0. The average molecular weight is 519 g/mol. The minimum absolute atomic E-state index is 0.0746. The lowest BCUT2D eigenvalue weighted by Crippen LogP contribution is -2.35. The topological polar surface area (TPSA) is 71.7 Å². The van der Waals surface area contributed by atoms with E-state index in [0.717, 1.165) is 84.6 Å². The molecule has 0 spiro atoms. The van der Waals surface area contributed by atoms with Crippen LogP contribution in [0.3, 0.4) is 0 Å². The highest BCUT2D eigenvalue weighted by Gasteiger charge is 2.19. The number of nitrogen functional groups attached to an aromatic ring is 1. The molecule has 7 heteroatoms. The number of rotatable bonds is 8. The number of anilines is 1. The molecule has 0 atom stereocenters. The smallest absolute Gasteiger partial charge is 0.203 e. The molecular formula is C30H33ClN3O3+. The summed E-state index contributed by atoms with van der Waals surface area (Å²) in [5.41, 5.74) is 12.2. The number of carbonyl (C=O) groups is 1. The third-order valence-corrected chi connectivity index (χ3v) is 7.29. The van der Waals surface area contributed by atoms with Gasteiger partial charge in [-0.15, -0.1) is 11.6 Å². The molecule has 0 amide bonds. The number of alkyl halides is 1. The normalized spacial score (nSPS) is 15.3. The van der Waals surface area contributed by atoms with Crippen molar-refractivity contribution in [3.05, 3.63) is 71.6 Å². The number of ether oxygens (including phenoxy) is 1. The number of nitrogens with two attached hydrogens (primary N) is 1. The summed E-state index contributed by atoms with van der Waals surface area (Å²) in [7, 11) is 2.03. The molecule has 2 aromatic carbocycles. The van der Waals surface area contributed by atoms with Crippen LogP contribution in [0.25, 0.3) is 33.4 Å². The summed E-state index contributed by atoms with van der Waals surface area (Å²) in [6, 6.07) is 21.0. The summed E-state index contributed by atoms with van der Waals surface area (Å²) in [5.74, 6) is 0.951. The van der Waals surface area contributed by atoms with Crippen LogP contribution < -0.4 is 15.7 Å². The molecule has 0 unspecified atom stereocenters. The average Bonchev–Trinajstić information content (AvgIpc) is 2.91. The van der Waals surface area contributed by atoms with Crippen molar-refractivity contribution >= 4 is 34.0 Å². The number of Topliss-reactive ketones (excluding diaryl/α,β-unsaturated/α-hetero) is 1. The van der Waals surface area contributed by atoms with Gasteiger partial charge in [0, 0.05) is 66.8 Å². The molecule has 0 bridgehead atoms. The highest BCUT2D eigenvalue weighted by atomic mass is 35.5. The van der Waals surface area contributed by atoms with E-state index >= 15 is 0 Å². The zero-order valence-corrected chi connectivity index (χ0v) is 22.0. The van der Waals surface area contributed by atoms with E-state index in [1.807, 2.05) is 25.2 Å². The molecule has 37 heavy (non-hydrogen) atoms. The summed E-state index contributed by atoms with van der Waals surface area (Å²) in [6.07, 6.45) is 1.24. The number of carbonyl (C=O) groups excluding carboxylic acids is 1. The molecule has 1 aliphatic carbocycles. The van der Waals surface area contributed by atoms with Gasteiger partial charge < -0.3 is 14.9 Å². The molecule has 192 valence electrons. The molecule has 0 radical (unpaired) electrons. The van der Waals surface area contributed by atoms with Gasteiger partial charge in [-0.1, -0.05) is 18.2 Å². The van der Waals surface area contributed by atoms with Crippen LogP contribution in [0, 0.1) is 0 Å². The lowest BCUT2D eigenvalue weighted by molar-refractivity contribution is -0.116. The second-order valence-electron chi connectivity index (χ2n) is 9.70. The molecule has 0 aromatic heterocycles. The van der Waals surface area contributed by atoms with Crippen LogP contribution in [0.2, 0.25) is 0 Å². The van der Waals surface area contributed by atoms with E-state index in [0.29, 0.717) is 12.1 Å². The zero-order chi connectivity index (χ0) is 25.8. The molecule has 0 saturated carbocycles. The fourth-order valence-electron chi connectivity index (χ4n) is 5.00. The summed E-state index contributed by atoms with van der Waals surface area (Å²) < 4.78 is 14.0. The summed E-state index contributed by atoms with van der Waals surface area (Å²) >= 11 is 5.64. The number of hydrogen-bond acceptors (Lipinski definition) is 5. The number of benzene rings is 3. The maximum absolute atomic E-state index is 11.6. The van der Waals surface area contributed by atoms with Gasteiger partial charge in [0.15, 0.2) is 0 Å². The summed E-state index contributed by atoms with van der Waals surface area (Å²) in [4.78, 5) is 14.0. The SMILES string of the molecule is C[N+](CCCC(=O)CCl)=c1ccc2c(-c3cccc(CN4CCOCC4)c3)c3ccc(N)cc3oc-2c1. The molecule has 2 aromatic rings. The maximum atomic E-state index is 11.6. The van der Waals surface area contributed by atoms with Crippen LogP contribution in [0.4, 0.5) is 5.69 Å². The standard InChI is InChI=1S/C30H32ClN3O3/c1-33(11-3-6-25(35)19-31)24-8-10-27-29(18-24)37-28-17-23(32)7-9-26(28)30(27)22-5-2-4-21(16-22)20-34-12-14-36-15-13-34/h2,4-5,7-10,16-18,32H,3,6,11-15,19-20H2,1H3/p+1. The largest absolute Gasteiger partial charge is 0.456 e. The van der Waals surface area contributed by atoms with Gasteiger partial charge in [0.25, 0.3) is 0 Å². The Labute approximate surface area is 222 Å². The number of fused-ring (bicyclic) bond motifs is 2. The monoisotopic (exact) mass is 518 g/mol. The van der Waals surface area contributed by atoms with Gasteiger partial charge in [0.1, 0.15) is 30.7 Å². The lowest BCUT2D eigenvalue weighted by atomic mass is 9.92. The molecule has 2 heterocycles. The quantitative estimate of drug-likeness (QED) is 0.160. The molecule has 2 aliphatic heterocycles. The van der Waals surface area contributed by atoms with Crippen molar-refractivity contribution in [2.24, 2.45) is 0 Å². The van der Waals surface area contributed by atoms with Crippen molar-refractivity contribution in [3.63, 3.8) is 0 Å². The van der Waals surface area contributed by atoms with E-state index in [9.17, 15) is 4.79 Å². The lowest BCUT2D eigenvalue weighted by Gasteiger charge is -2.26. The van der Waals surface area contributed by atoms with Crippen molar-refractivity contribution in [1.82, 2.24) is 9.48 Å². The third-order valence-electron chi connectivity index (χ3n) is 6.99. The van der Waals surface area contributed by atoms with Crippen molar-refractivity contribution in [1.29, 1.82) is 0 Å². The van der Waals surface area contributed by atoms with Crippen LogP contribution in [-0.4, -0.2) is 56.5 Å². The summed E-state index contributed by atoms with van der Waals surface area (Å²) in [6.45, 7) is 5.14. The maximum Gasteiger partial charge on any atom is 0.203 e. The summed E-state index contributed by atoms with van der Waals surface area (Å²) in [5, 5.41) is 2.07. The first-order valence-corrected chi connectivity index (χ1v) is 13.3. The van der Waals surface area contributed by atoms with Gasteiger partial charge in [-0.2, -0.15) is 0 Å². The van der Waals surface area contributed by atoms with E-state index in [1.54, 1.807) is 0 Å².